The molecule has 3 unspecified atom stereocenters. The topological polar surface area (TPSA) is 64.2 Å². The molecular formula is C21H31NO2. The number of nitrogens with zero attached hydrogens (tertiary/aromatic N) is 1. The second kappa shape index (κ2) is 5.08. The van der Waals surface area contributed by atoms with Gasteiger partial charge in [-0.05, 0) is 80.5 Å². The van der Waals surface area contributed by atoms with Crippen molar-refractivity contribution in [2.45, 2.75) is 77.4 Å². The van der Waals surface area contributed by atoms with Gasteiger partial charge in [0.25, 0.3) is 0 Å². The highest BCUT2D eigenvalue weighted by atomic mass is 16.3. The van der Waals surface area contributed by atoms with E-state index >= 15 is 0 Å². The van der Waals surface area contributed by atoms with Crippen LogP contribution in [0.4, 0.5) is 0 Å². The molecule has 24 heavy (non-hydrogen) atoms. The third kappa shape index (κ3) is 1.96. The zero-order valence-corrected chi connectivity index (χ0v) is 15.3. The van der Waals surface area contributed by atoms with Gasteiger partial charge in [0.2, 0.25) is 0 Å². The Labute approximate surface area is 145 Å². The lowest BCUT2D eigenvalue weighted by Crippen LogP contribution is -2.54. The molecule has 0 heterocycles. The van der Waals surface area contributed by atoms with E-state index in [1.807, 2.05) is 6.92 Å². The first-order valence-electron chi connectivity index (χ1n) is 9.72. The maximum Gasteiger partial charge on any atom is 0.0735 e. The fourth-order valence-electron chi connectivity index (χ4n) is 7.09. The van der Waals surface area contributed by atoms with Crippen molar-refractivity contribution in [2.24, 2.45) is 34.5 Å². The van der Waals surface area contributed by atoms with Crippen molar-refractivity contribution >= 4 is 0 Å². The summed E-state index contributed by atoms with van der Waals surface area (Å²) in [5.74, 6) is 1.59. The second-order valence-electron chi connectivity index (χ2n) is 9.74. The number of hydrogen-bond donors (Lipinski definition) is 2. The first kappa shape index (κ1) is 16.6. The fraction of sp³-hybridized carbons (Fsp3) is 0.857. The highest BCUT2D eigenvalue weighted by Gasteiger charge is 2.62. The first-order chi connectivity index (χ1) is 11.2. The molecule has 4 aliphatic carbocycles. The van der Waals surface area contributed by atoms with Gasteiger partial charge in [-0.25, -0.2) is 0 Å². The van der Waals surface area contributed by atoms with E-state index < -0.39 is 11.7 Å². The Morgan fingerprint density at radius 2 is 1.88 bits per heavy atom. The van der Waals surface area contributed by atoms with Gasteiger partial charge in [-0.15, -0.1) is 0 Å². The molecule has 0 aromatic carbocycles. The number of hydrogen-bond acceptors (Lipinski definition) is 3. The van der Waals surface area contributed by atoms with Crippen LogP contribution in [0.1, 0.15) is 65.7 Å². The van der Waals surface area contributed by atoms with E-state index in [4.69, 9.17) is 0 Å². The quantitative estimate of drug-likeness (QED) is 0.664. The van der Waals surface area contributed by atoms with Crippen molar-refractivity contribution in [3.05, 3.63) is 11.6 Å². The van der Waals surface area contributed by atoms with E-state index in [1.165, 1.54) is 5.57 Å². The molecule has 0 bridgehead atoms. The van der Waals surface area contributed by atoms with Gasteiger partial charge in [-0.2, -0.15) is 5.26 Å². The number of nitriles is 1. The molecule has 0 aromatic rings. The van der Waals surface area contributed by atoms with Gasteiger partial charge >= 0.3 is 0 Å². The summed E-state index contributed by atoms with van der Waals surface area (Å²) in [4.78, 5) is 0. The highest BCUT2D eigenvalue weighted by molar-refractivity contribution is 5.28. The van der Waals surface area contributed by atoms with Crippen molar-refractivity contribution in [3.63, 3.8) is 0 Å². The molecule has 3 heteroatoms. The summed E-state index contributed by atoms with van der Waals surface area (Å²) in [7, 11) is 0. The molecule has 0 radical (unpaired) electrons. The largest absolute Gasteiger partial charge is 0.391 e. The summed E-state index contributed by atoms with van der Waals surface area (Å²) in [5.41, 5.74) is 0.971. The van der Waals surface area contributed by atoms with Crippen molar-refractivity contribution in [3.8, 4) is 6.07 Å². The van der Waals surface area contributed by atoms with E-state index in [9.17, 15) is 15.5 Å². The number of aliphatic hydroxyl groups excluding tert-OH is 1. The summed E-state index contributed by atoms with van der Waals surface area (Å²) in [5, 5.41) is 30.7. The first-order valence-corrected chi connectivity index (χ1v) is 9.72. The fourth-order valence-corrected chi connectivity index (χ4v) is 7.09. The molecule has 0 aliphatic heterocycles. The Morgan fingerprint density at radius 1 is 1.17 bits per heavy atom. The summed E-state index contributed by atoms with van der Waals surface area (Å²) in [6.45, 7) is 6.70. The minimum Gasteiger partial charge on any atom is -0.391 e. The number of allylic oxidation sites excluding steroid dienone is 1. The Kier molecular flexibility index (Phi) is 3.52. The minimum absolute atomic E-state index is 0.0404. The SMILES string of the molecule is CC1(O)CC[C@H]2[C@@H]3CC=C4CC(O)C(C#N)C[C@]4(C)[C@@H]3CC[C@@]21C. The van der Waals surface area contributed by atoms with E-state index in [0.717, 1.165) is 38.5 Å². The van der Waals surface area contributed by atoms with E-state index in [0.29, 0.717) is 24.2 Å². The van der Waals surface area contributed by atoms with Gasteiger partial charge in [0, 0.05) is 0 Å². The lowest BCUT2D eigenvalue weighted by molar-refractivity contribution is -0.117. The van der Waals surface area contributed by atoms with Crippen LogP contribution >= 0.6 is 0 Å². The van der Waals surface area contributed by atoms with Crippen LogP contribution in [0.25, 0.3) is 0 Å². The Hall–Kier alpha value is -0.850. The summed E-state index contributed by atoms with van der Waals surface area (Å²) < 4.78 is 0. The van der Waals surface area contributed by atoms with Gasteiger partial charge in [-0.1, -0.05) is 25.5 Å². The maximum atomic E-state index is 11.0. The molecular weight excluding hydrogens is 298 g/mol. The molecule has 4 aliphatic rings. The third-order valence-electron chi connectivity index (χ3n) is 8.89. The molecule has 0 aromatic heterocycles. The highest BCUT2D eigenvalue weighted by Crippen LogP contribution is 2.67. The van der Waals surface area contributed by atoms with Gasteiger partial charge in [-0.3, -0.25) is 0 Å². The van der Waals surface area contributed by atoms with Crippen LogP contribution in [0.15, 0.2) is 11.6 Å². The zero-order valence-electron chi connectivity index (χ0n) is 15.3. The predicted molar refractivity (Wildman–Crippen MR) is 92.8 cm³/mol. The van der Waals surface area contributed by atoms with Gasteiger partial charge in [0.1, 0.15) is 0 Å². The van der Waals surface area contributed by atoms with Crippen molar-refractivity contribution in [2.75, 3.05) is 0 Å². The van der Waals surface area contributed by atoms with Crippen LogP contribution in [0.2, 0.25) is 0 Å². The smallest absolute Gasteiger partial charge is 0.0735 e. The molecule has 3 fully saturated rings. The molecule has 3 saturated carbocycles. The molecule has 4 rings (SSSR count). The van der Waals surface area contributed by atoms with Crippen molar-refractivity contribution < 1.29 is 10.2 Å². The van der Waals surface area contributed by atoms with E-state index in [-0.39, 0.29) is 16.7 Å². The molecule has 0 spiro atoms. The maximum absolute atomic E-state index is 11.0. The van der Waals surface area contributed by atoms with Crippen molar-refractivity contribution in [1.29, 1.82) is 5.26 Å². The predicted octanol–water partition coefficient (Wildman–Crippen LogP) is 3.81. The van der Waals surface area contributed by atoms with Crippen LogP contribution in [0.3, 0.4) is 0 Å². The Bertz CT molecular complexity index is 618. The zero-order chi connectivity index (χ0) is 17.3. The molecule has 0 amide bonds. The summed E-state index contributed by atoms with van der Waals surface area (Å²) in [6.07, 6.45) is 8.76. The average Bonchev–Trinajstić information content (AvgIpc) is 2.77. The second-order valence-corrected chi connectivity index (χ2v) is 9.74. The van der Waals surface area contributed by atoms with Crippen LogP contribution in [-0.4, -0.2) is 21.9 Å². The molecule has 132 valence electrons. The minimum atomic E-state index is -0.536. The number of rotatable bonds is 0. The van der Waals surface area contributed by atoms with Crippen molar-refractivity contribution in [1.82, 2.24) is 0 Å². The summed E-state index contributed by atoms with van der Waals surface area (Å²) in [6, 6.07) is 2.36. The van der Waals surface area contributed by atoms with Crippen LogP contribution < -0.4 is 0 Å². The number of aliphatic hydroxyl groups is 2. The third-order valence-corrected chi connectivity index (χ3v) is 8.89. The monoisotopic (exact) mass is 329 g/mol. The molecule has 3 nitrogen and oxygen atoms in total. The molecule has 0 saturated heterocycles. The van der Waals surface area contributed by atoms with Gasteiger partial charge < -0.3 is 10.2 Å². The molecule has 8 atom stereocenters. The number of fused-ring (bicyclic) bond motifs is 5. The summed E-state index contributed by atoms with van der Waals surface area (Å²) >= 11 is 0. The van der Waals surface area contributed by atoms with Crippen LogP contribution in [0.5, 0.6) is 0 Å². The molecule has 2 N–H and O–H groups in total. The Balaban J connectivity index is 1.70. The lowest BCUT2D eigenvalue weighted by atomic mass is 9.46. The van der Waals surface area contributed by atoms with Gasteiger partial charge in [0.15, 0.2) is 0 Å². The van der Waals surface area contributed by atoms with Gasteiger partial charge in [0.05, 0.1) is 23.7 Å². The van der Waals surface area contributed by atoms with Crippen LogP contribution in [0, 0.1) is 45.8 Å². The lowest BCUT2D eigenvalue weighted by Gasteiger charge is -2.59. The van der Waals surface area contributed by atoms with E-state index in [2.05, 4.69) is 26.0 Å². The van der Waals surface area contributed by atoms with E-state index in [1.54, 1.807) is 0 Å². The van der Waals surface area contributed by atoms with Crippen LogP contribution in [-0.2, 0) is 0 Å². The standard InChI is InChI=1S/C21H31NO2/c1-19-11-13(12-22)18(23)10-14(19)4-5-15-16(19)6-8-20(2)17(15)7-9-21(20,3)24/h4,13,15-18,23-24H,5-11H2,1-3H3/t13?,15-,16-,17+,18?,19+,20+,21?/m1/s1. The normalized spacial score (nSPS) is 56.5. The average molecular weight is 329 g/mol. The Morgan fingerprint density at radius 3 is 2.58 bits per heavy atom.